The van der Waals surface area contributed by atoms with Crippen molar-refractivity contribution in [3.8, 4) is 0 Å². The number of rotatable bonds is 6. The molecule has 5 heteroatoms. The van der Waals surface area contributed by atoms with Crippen molar-refractivity contribution in [3.05, 3.63) is 30.3 Å². The first-order valence-corrected chi connectivity index (χ1v) is 6.46. The molecule has 1 aromatic rings. The number of carbonyl (C=O) groups is 1. The van der Waals surface area contributed by atoms with Gasteiger partial charge in [0.2, 0.25) is 5.91 Å². The second kappa shape index (κ2) is 7.48. The molecule has 0 spiro atoms. The summed E-state index contributed by atoms with van der Waals surface area (Å²) in [7, 11) is 1.97. The van der Waals surface area contributed by atoms with E-state index in [0.717, 1.165) is 5.69 Å². The minimum Gasteiger partial charge on any atom is -0.329 e. The zero-order valence-electron chi connectivity index (χ0n) is 11.2. The molecule has 0 saturated heterocycles. The third-order valence-corrected chi connectivity index (χ3v) is 3.42. The Kier molecular flexibility index (Phi) is 6.28. The number of anilines is 1. The Bertz CT molecular complexity index is 395. The number of para-hydroxylation sites is 1. The number of likely N-dealkylation sites (N-methyl/N-ethyl adjacent to an activating group) is 1. The third kappa shape index (κ3) is 4.82. The van der Waals surface area contributed by atoms with E-state index in [1.807, 2.05) is 37.4 Å². The van der Waals surface area contributed by atoms with E-state index >= 15 is 0 Å². The smallest absolute Gasteiger partial charge is 0.238 e. The maximum atomic E-state index is 11.9. The average molecular weight is 284 g/mol. The van der Waals surface area contributed by atoms with Gasteiger partial charge in [-0.05, 0) is 37.9 Å². The lowest BCUT2D eigenvalue weighted by Gasteiger charge is -2.26. The van der Waals surface area contributed by atoms with Gasteiger partial charge < -0.3 is 11.1 Å². The predicted molar refractivity (Wildman–Crippen MR) is 80.5 cm³/mol. The van der Waals surface area contributed by atoms with Crippen LogP contribution in [0.4, 0.5) is 5.69 Å². The molecular weight excluding hydrogens is 262 g/mol. The third-order valence-electron chi connectivity index (χ3n) is 3.42. The zero-order valence-corrected chi connectivity index (χ0v) is 12.0. The first kappa shape index (κ1) is 16.0. The van der Waals surface area contributed by atoms with E-state index in [4.69, 9.17) is 5.73 Å². The molecule has 3 N–H and O–H groups in total. The summed E-state index contributed by atoms with van der Waals surface area (Å²) in [6, 6.07) is 9.86. The second-order valence-electron chi connectivity index (χ2n) is 4.97. The summed E-state index contributed by atoms with van der Waals surface area (Å²) in [6.45, 7) is 1.02. The predicted octanol–water partition coefficient (Wildman–Crippen LogP) is 1.72. The van der Waals surface area contributed by atoms with Gasteiger partial charge in [-0.3, -0.25) is 9.69 Å². The Morgan fingerprint density at radius 2 is 2.05 bits per heavy atom. The highest BCUT2D eigenvalue weighted by Crippen LogP contribution is 2.34. The molecule has 4 nitrogen and oxygen atoms in total. The average Bonchev–Trinajstić information content (AvgIpc) is 3.15. The summed E-state index contributed by atoms with van der Waals surface area (Å²) in [5, 5.41) is 2.89. The Hall–Kier alpha value is -1.10. The summed E-state index contributed by atoms with van der Waals surface area (Å²) in [5.74, 6) is 0.701. The standard InChI is InChI=1S/C14H21N3O.ClH/c1-17(13(9-15)11-7-8-11)10-14(18)16-12-5-3-2-4-6-12;/h2-6,11,13H,7-10,15H2,1H3,(H,16,18);1H. The van der Waals surface area contributed by atoms with Gasteiger partial charge in [0.05, 0.1) is 6.54 Å². The van der Waals surface area contributed by atoms with E-state index in [2.05, 4.69) is 10.2 Å². The summed E-state index contributed by atoms with van der Waals surface area (Å²) in [5.41, 5.74) is 6.61. The summed E-state index contributed by atoms with van der Waals surface area (Å²) < 4.78 is 0. The van der Waals surface area contributed by atoms with Crippen molar-refractivity contribution in [2.75, 3.05) is 25.5 Å². The molecule has 0 aromatic heterocycles. The van der Waals surface area contributed by atoms with Crippen LogP contribution in [0.3, 0.4) is 0 Å². The van der Waals surface area contributed by atoms with Crippen LogP contribution in [0.1, 0.15) is 12.8 Å². The fourth-order valence-corrected chi connectivity index (χ4v) is 2.28. The van der Waals surface area contributed by atoms with Crippen molar-refractivity contribution in [1.29, 1.82) is 0 Å². The number of nitrogens with zero attached hydrogens (tertiary/aromatic N) is 1. The Balaban J connectivity index is 0.00000180. The van der Waals surface area contributed by atoms with E-state index in [9.17, 15) is 4.79 Å². The normalized spacial score (nSPS) is 15.7. The minimum atomic E-state index is 0. The van der Waals surface area contributed by atoms with Gasteiger partial charge in [0.25, 0.3) is 0 Å². The van der Waals surface area contributed by atoms with E-state index in [1.54, 1.807) is 0 Å². The van der Waals surface area contributed by atoms with Crippen molar-refractivity contribution in [2.24, 2.45) is 11.7 Å². The molecule has 19 heavy (non-hydrogen) atoms. The van der Waals surface area contributed by atoms with E-state index in [-0.39, 0.29) is 18.3 Å². The fourth-order valence-electron chi connectivity index (χ4n) is 2.28. The molecule has 2 rings (SSSR count). The number of halogens is 1. The number of nitrogens with two attached hydrogens (primary N) is 1. The zero-order chi connectivity index (χ0) is 13.0. The Morgan fingerprint density at radius 3 is 2.58 bits per heavy atom. The van der Waals surface area contributed by atoms with Crippen LogP contribution in [0.25, 0.3) is 0 Å². The van der Waals surface area contributed by atoms with Crippen LogP contribution in [-0.2, 0) is 4.79 Å². The van der Waals surface area contributed by atoms with Gasteiger partial charge >= 0.3 is 0 Å². The fraction of sp³-hybridized carbons (Fsp3) is 0.500. The molecule has 1 aromatic carbocycles. The quantitative estimate of drug-likeness (QED) is 0.836. The Labute approximate surface area is 120 Å². The number of nitrogens with one attached hydrogen (secondary N) is 1. The van der Waals surface area contributed by atoms with Gasteiger partial charge in [0.15, 0.2) is 0 Å². The number of hydrogen-bond acceptors (Lipinski definition) is 3. The molecule has 1 aliphatic rings. The summed E-state index contributed by atoms with van der Waals surface area (Å²) in [4.78, 5) is 14.0. The summed E-state index contributed by atoms with van der Waals surface area (Å²) in [6.07, 6.45) is 2.49. The van der Waals surface area contributed by atoms with Gasteiger partial charge in [0, 0.05) is 18.3 Å². The lowest BCUT2D eigenvalue weighted by atomic mass is 10.1. The van der Waals surface area contributed by atoms with Crippen LogP contribution in [0.15, 0.2) is 30.3 Å². The van der Waals surface area contributed by atoms with Crippen LogP contribution in [0.2, 0.25) is 0 Å². The van der Waals surface area contributed by atoms with Crippen molar-refractivity contribution in [1.82, 2.24) is 4.90 Å². The topological polar surface area (TPSA) is 58.4 Å². The SMILES string of the molecule is CN(CC(=O)Nc1ccccc1)C(CN)C1CC1.Cl. The van der Waals surface area contributed by atoms with Crippen molar-refractivity contribution >= 4 is 24.0 Å². The molecule has 106 valence electrons. The molecular formula is C14H22ClN3O. The van der Waals surface area contributed by atoms with Crippen LogP contribution < -0.4 is 11.1 Å². The maximum Gasteiger partial charge on any atom is 0.238 e. The summed E-state index contributed by atoms with van der Waals surface area (Å²) >= 11 is 0. The lowest BCUT2D eigenvalue weighted by molar-refractivity contribution is -0.117. The molecule has 1 unspecified atom stereocenters. The van der Waals surface area contributed by atoms with Gasteiger partial charge in [-0.2, -0.15) is 0 Å². The molecule has 0 radical (unpaired) electrons. The Morgan fingerprint density at radius 1 is 1.42 bits per heavy atom. The van der Waals surface area contributed by atoms with Gasteiger partial charge in [-0.15, -0.1) is 12.4 Å². The molecule has 0 heterocycles. The highest BCUT2D eigenvalue weighted by molar-refractivity contribution is 5.92. The first-order chi connectivity index (χ1) is 8.70. The van der Waals surface area contributed by atoms with Crippen LogP contribution >= 0.6 is 12.4 Å². The van der Waals surface area contributed by atoms with Crippen molar-refractivity contribution in [3.63, 3.8) is 0 Å². The lowest BCUT2D eigenvalue weighted by Crippen LogP contribution is -2.43. The van der Waals surface area contributed by atoms with Crippen molar-refractivity contribution in [2.45, 2.75) is 18.9 Å². The number of amides is 1. The van der Waals surface area contributed by atoms with E-state index < -0.39 is 0 Å². The molecule has 1 aliphatic carbocycles. The van der Waals surface area contributed by atoms with Gasteiger partial charge in [-0.25, -0.2) is 0 Å². The number of hydrogen-bond donors (Lipinski definition) is 2. The van der Waals surface area contributed by atoms with Crippen LogP contribution in [0, 0.1) is 5.92 Å². The monoisotopic (exact) mass is 283 g/mol. The maximum absolute atomic E-state index is 11.9. The molecule has 0 bridgehead atoms. The van der Waals surface area contributed by atoms with Crippen molar-refractivity contribution < 1.29 is 4.79 Å². The second-order valence-corrected chi connectivity index (χ2v) is 4.97. The number of carbonyl (C=O) groups excluding carboxylic acids is 1. The largest absolute Gasteiger partial charge is 0.329 e. The number of benzene rings is 1. The highest BCUT2D eigenvalue weighted by Gasteiger charge is 2.33. The molecule has 1 amide bonds. The van der Waals surface area contributed by atoms with E-state index in [0.29, 0.717) is 25.0 Å². The van der Waals surface area contributed by atoms with Crippen LogP contribution in [0.5, 0.6) is 0 Å². The molecule has 0 aliphatic heterocycles. The minimum absolute atomic E-state index is 0. The highest BCUT2D eigenvalue weighted by atomic mass is 35.5. The molecule has 1 fully saturated rings. The first-order valence-electron chi connectivity index (χ1n) is 6.46. The van der Waals surface area contributed by atoms with E-state index in [1.165, 1.54) is 12.8 Å². The van der Waals surface area contributed by atoms with Crippen LogP contribution in [-0.4, -0.2) is 37.0 Å². The molecule has 1 saturated carbocycles. The van der Waals surface area contributed by atoms with Gasteiger partial charge in [-0.1, -0.05) is 18.2 Å². The van der Waals surface area contributed by atoms with Gasteiger partial charge in [0.1, 0.15) is 0 Å². The molecule has 1 atom stereocenters.